The molecule has 0 saturated heterocycles. The van der Waals surface area contributed by atoms with Crippen molar-refractivity contribution < 1.29 is 9.53 Å². The molecule has 0 bridgehead atoms. The molecule has 0 spiro atoms. The maximum Gasteiger partial charge on any atom is 0.311 e. The molecule has 3 nitrogen and oxygen atoms in total. The van der Waals surface area contributed by atoms with Crippen LogP contribution in [0.5, 0.6) is 0 Å². The molecule has 0 saturated carbocycles. The van der Waals surface area contributed by atoms with Gasteiger partial charge in [0.25, 0.3) is 0 Å². The molecular formula is C20H43NO2. The van der Waals surface area contributed by atoms with Crippen molar-refractivity contribution in [1.29, 1.82) is 0 Å². The highest BCUT2D eigenvalue weighted by molar-refractivity contribution is 5.75. The first-order valence-corrected chi connectivity index (χ1v) is 9.71. The zero-order valence-electron chi connectivity index (χ0n) is 16.4. The van der Waals surface area contributed by atoms with Crippen LogP contribution in [0.25, 0.3) is 0 Å². The van der Waals surface area contributed by atoms with Crippen molar-refractivity contribution in [3.8, 4) is 0 Å². The Morgan fingerprint density at radius 1 is 0.739 bits per heavy atom. The molecule has 0 aliphatic heterocycles. The van der Waals surface area contributed by atoms with Crippen molar-refractivity contribution >= 4 is 5.97 Å². The first-order valence-electron chi connectivity index (χ1n) is 9.71. The highest BCUT2D eigenvalue weighted by atomic mass is 16.5. The fourth-order valence-corrected chi connectivity index (χ4v) is 2.67. The predicted molar refractivity (Wildman–Crippen MR) is 101 cm³/mol. The Bertz CT molecular complexity index is 264. The topological polar surface area (TPSA) is 61.3 Å². The van der Waals surface area contributed by atoms with Crippen molar-refractivity contribution in [2.24, 2.45) is 5.41 Å². The Morgan fingerprint density at radius 3 is 1.65 bits per heavy atom. The molecule has 3 N–H and O–H groups in total. The van der Waals surface area contributed by atoms with Gasteiger partial charge in [0.2, 0.25) is 0 Å². The fourth-order valence-electron chi connectivity index (χ4n) is 2.67. The van der Waals surface area contributed by atoms with Gasteiger partial charge < -0.3 is 10.9 Å². The quantitative estimate of drug-likeness (QED) is 0.264. The van der Waals surface area contributed by atoms with E-state index in [9.17, 15) is 4.79 Å². The molecule has 0 aromatic heterocycles. The van der Waals surface area contributed by atoms with Crippen molar-refractivity contribution in [2.75, 3.05) is 6.61 Å². The normalized spacial score (nSPS) is 11.1. The van der Waals surface area contributed by atoms with Crippen LogP contribution in [0.4, 0.5) is 0 Å². The zero-order chi connectivity index (χ0) is 16.7. The molecule has 0 atom stereocenters. The van der Waals surface area contributed by atoms with E-state index >= 15 is 0 Å². The standard InChI is InChI=1S/C20H40O2.H3N/c1-5-7-9-10-11-12-13-14-15-16-18-22-19(21)20(3,4)17-8-6-2;/h5-18H2,1-4H3;1H3. The van der Waals surface area contributed by atoms with E-state index in [1.807, 2.05) is 13.8 Å². The summed E-state index contributed by atoms with van der Waals surface area (Å²) < 4.78 is 5.44. The van der Waals surface area contributed by atoms with E-state index in [0.29, 0.717) is 6.61 Å². The van der Waals surface area contributed by atoms with Gasteiger partial charge >= 0.3 is 5.97 Å². The third kappa shape index (κ3) is 14.7. The van der Waals surface area contributed by atoms with Gasteiger partial charge in [-0.3, -0.25) is 4.79 Å². The monoisotopic (exact) mass is 329 g/mol. The SMILES string of the molecule is CCCCCCCCCCCCOC(=O)C(C)(C)CCCC.N. The van der Waals surface area contributed by atoms with Crippen LogP contribution in [0.3, 0.4) is 0 Å². The van der Waals surface area contributed by atoms with Crippen LogP contribution >= 0.6 is 0 Å². The predicted octanol–water partition coefficient (Wildman–Crippen LogP) is 6.83. The van der Waals surface area contributed by atoms with Crippen LogP contribution in [-0.4, -0.2) is 12.6 Å². The molecule has 0 fully saturated rings. The lowest BCUT2D eigenvalue weighted by Crippen LogP contribution is -2.26. The first kappa shape index (κ1) is 24.7. The lowest BCUT2D eigenvalue weighted by molar-refractivity contribution is -0.154. The Kier molecular flexibility index (Phi) is 17.5. The van der Waals surface area contributed by atoms with Gasteiger partial charge in [-0.25, -0.2) is 0 Å². The smallest absolute Gasteiger partial charge is 0.311 e. The Balaban J connectivity index is 0. The largest absolute Gasteiger partial charge is 0.465 e. The molecule has 0 amide bonds. The summed E-state index contributed by atoms with van der Waals surface area (Å²) in [4.78, 5) is 12.0. The second kappa shape index (κ2) is 16.3. The van der Waals surface area contributed by atoms with Gasteiger partial charge in [-0.1, -0.05) is 84.5 Å². The number of ether oxygens (including phenoxy) is 1. The van der Waals surface area contributed by atoms with E-state index in [2.05, 4.69) is 13.8 Å². The van der Waals surface area contributed by atoms with Gasteiger partial charge in [-0.15, -0.1) is 0 Å². The highest BCUT2D eigenvalue weighted by Crippen LogP contribution is 2.25. The fraction of sp³-hybridized carbons (Fsp3) is 0.950. The minimum Gasteiger partial charge on any atom is -0.465 e. The maximum atomic E-state index is 12.0. The van der Waals surface area contributed by atoms with Gasteiger partial charge in [0.1, 0.15) is 0 Å². The van der Waals surface area contributed by atoms with Crippen LogP contribution in [-0.2, 0) is 9.53 Å². The molecule has 140 valence electrons. The number of esters is 1. The minimum atomic E-state index is -0.311. The van der Waals surface area contributed by atoms with Crippen molar-refractivity contribution in [2.45, 2.75) is 111 Å². The van der Waals surface area contributed by atoms with Crippen LogP contribution in [0, 0.1) is 5.41 Å². The van der Waals surface area contributed by atoms with Gasteiger partial charge in [0.05, 0.1) is 12.0 Å². The molecule has 0 aliphatic rings. The summed E-state index contributed by atoms with van der Waals surface area (Å²) in [6.07, 6.45) is 16.3. The summed E-state index contributed by atoms with van der Waals surface area (Å²) >= 11 is 0. The molecule has 23 heavy (non-hydrogen) atoms. The Morgan fingerprint density at radius 2 is 1.17 bits per heavy atom. The third-order valence-corrected chi connectivity index (χ3v) is 4.44. The first-order chi connectivity index (χ1) is 10.5. The van der Waals surface area contributed by atoms with E-state index in [1.165, 1.54) is 57.8 Å². The summed E-state index contributed by atoms with van der Waals surface area (Å²) in [5.41, 5.74) is -0.311. The number of hydrogen-bond donors (Lipinski definition) is 1. The lowest BCUT2D eigenvalue weighted by atomic mass is 9.87. The Hall–Kier alpha value is -0.570. The molecule has 0 aliphatic carbocycles. The van der Waals surface area contributed by atoms with Crippen LogP contribution in [0.15, 0.2) is 0 Å². The van der Waals surface area contributed by atoms with Crippen molar-refractivity contribution in [1.82, 2.24) is 6.15 Å². The van der Waals surface area contributed by atoms with Gasteiger partial charge in [0.15, 0.2) is 0 Å². The third-order valence-electron chi connectivity index (χ3n) is 4.44. The van der Waals surface area contributed by atoms with E-state index < -0.39 is 0 Å². The molecule has 0 aromatic rings. The average Bonchev–Trinajstić information content (AvgIpc) is 2.50. The van der Waals surface area contributed by atoms with E-state index in [1.54, 1.807) is 0 Å². The number of hydrogen-bond acceptors (Lipinski definition) is 3. The molecular weight excluding hydrogens is 286 g/mol. The number of unbranched alkanes of at least 4 members (excludes halogenated alkanes) is 10. The number of carbonyl (C=O) groups is 1. The van der Waals surface area contributed by atoms with Gasteiger partial charge in [0, 0.05) is 0 Å². The lowest BCUT2D eigenvalue weighted by Gasteiger charge is -2.22. The minimum absolute atomic E-state index is 0. The molecule has 0 rings (SSSR count). The van der Waals surface area contributed by atoms with E-state index in [4.69, 9.17) is 4.74 Å². The molecule has 3 heteroatoms. The highest BCUT2D eigenvalue weighted by Gasteiger charge is 2.28. The summed E-state index contributed by atoms with van der Waals surface area (Å²) in [6.45, 7) is 9.03. The maximum absolute atomic E-state index is 12.0. The van der Waals surface area contributed by atoms with Gasteiger partial charge in [-0.2, -0.15) is 0 Å². The summed E-state index contributed by atoms with van der Waals surface area (Å²) in [5.74, 6) is -0.0168. The average molecular weight is 330 g/mol. The van der Waals surface area contributed by atoms with E-state index in [-0.39, 0.29) is 17.5 Å². The van der Waals surface area contributed by atoms with Crippen LogP contribution in [0.2, 0.25) is 0 Å². The number of carbonyl (C=O) groups excluding carboxylic acids is 1. The second-order valence-corrected chi connectivity index (χ2v) is 7.31. The van der Waals surface area contributed by atoms with E-state index in [0.717, 1.165) is 25.7 Å². The van der Waals surface area contributed by atoms with Crippen molar-refractivity contribution in [3.05, 3.63) is 0 Å². The zero-order valence-corrected chi connectivity index (χ0v) is 16.4. The second-order valence-electron chi connectivity index (χ2n) is 7.31. The van der Waals surface area contributed by atoms with Crippen LogP contribution < -0.4 is 6.15 Å². The molecule has 0 aromatic carbocycles. The molecule has 0 heterocycles. The summed E-state index contributed by atoms with van der Waals surface area (Å²) in [6, 6.07) is 0. The van der Waals surface area contributed by atoms with Crippen molar-refractivity contribution in [3.63, 3.8) is 0 Å². The summed E-state index contributed by atoms with van der Waals surface area (Å²) in [5, 5.41) is 0. The van der Waals surface area contributed by atoms with Gasteiger partial charge in [-0.05, 0) is 26.7 Å². The molecule has 0 unspecified atom stereocenters. The molecule has 0 radical (unpaired) electrons. The summed E-state index contributed by atoms with van der Waals surface area (Å²) in [7, 11) is 0. The Labute approximate surface area is 145 Å². The number of rotatable bonds is 15. The van der Waals surface area contributed by atoms with Crippen LogP contribution in [0.1, 0.15) is 111 Å².